The smallest absolute Gasteiger partial charge is 0.251 e. The number of hydrogen-bond acceptors (Lipinski definition) is 2. The fourth-order valence-corrected chi connectivity index (χ4v) is 2.58. The lowest BCUT2D eigenvalue weighted by molar-refractivity contribution is 0.0939. The molecule has 0 spiro atoms. The molecular weight excluding hydrogens is 349 g/mol. The highest BCUT2D eigenvalue weighted by atomic mass is 127. The molecule has 0 heterocycles. The normalized spacial score (nSPS) is 14.1. The summed E-state index contributed by atoms with van der Waals surface area (Å²) < 4.78 is 12.0. The average molecular weight is 365 g/mol. The van der Waals surface area contributed by atoms with Gasteiger partial charge >= 0.3 is 0 Å². The largest absolute Gasteiger partial charge is 0.350 e. The lowest BCUT2D eigenvalue weighted by Crippen LogP contribution is -2.33. The Morgan fingerprint density at radius 2 is 2.24 bits per heavy atom. The van der Waals surface area contributed by atoms with Gasteiger partial charge in [0, 0.05) is 38.0 Å². The van der Waals surface area contributed by atoms with E-state index in [4.69, 9.17) is 0 Å². The molecule has 3 nitrogen and oxygen atoms in total. The Morgan fingerprint density at radius 1 is 1.53 bits per heavy atom. The molecule has 0 fully saturated rings. The van der Waals surface area contributed by atoms with E-state index in [1.54, 1.807) is 12.3 Å². The second kappa shape index (κ2) is 7.10. The van der Waals surface area contributed by atoms with E-state index < -0.39 is 10.8 Å². The molecule has 0 aliphatic rings. The third kappa shape index (κ3) is 5.63. The van der Waals surface area contributed by atoms with Gasteiger partial charge in [0.05, 0.1) is 0 Å². The van der Waals surface area contributed by atoms with Crippen LogP contribution in [-0.2, 0) is 10.8 Å². The summed E-state index contributed by atoms with van der Waals surface area (Å²) in [5, 5.41) is 2.90. The van der Waals surface area contributed by atoms with Crippen LogP contribution >= 0.6 is 22.6 Å². The molecule has 0 bridgehead atoms. The number of benzene rings is 1. The predicted octanol–water partition coefficient (Wildman–Crippen LogP) is 2.18. The molecule has 17 heavy (non-hydrogen) atoms. The Hall–Kier alpha value is -0.430. The lowest BCUT2D eigenvalue weighted by atomic mass is 10.2. The number of carbonyl (C=O) groups excluding carboxylic acids is 1. The molecule has 1 rings (SSSR count). The highest BCUT2D eigenvalue weighted by Crippen LogP contribution is 2.08. The Bertz CT molecular complexity index is 423. The van der Waals surface area contributed by atoms with Gasteiger partial charge in [0.2, 0.25) is 0 Å². The summed E-state index contributed by atoms with van der Waals surface area (Å²) >= 11 is 2.18. The van der Waals surface area contributed by atoms with E-state index >= 15 is 0 Å². The molecule has 1 N–H and O–H groups in total. The number of rotatable bonds is 5. The molecule has 2 atom stereocenters. The van der Waals surface area contributed by atoms with Crippen molar-refractivity contribution in [2.45, 2.75) is 19.4 Å². The summed E-state index contributed by atoms with van der Waals surface area (Å²) in [6, 6.07) is 7.50. The van der Waals surface area contributed by atoms with Crippen LogP contribution in [0.2, 0.25) is 0 Å². The maximum absolute atomic E-state index is 11.9. The first-order valence-corrected chi connectivity index (χ1v) is 8.16. The van der Waals surface area contributed by atoms with Crippen LogP contribution in [0.15, 0.2) is 24.3 Å². The molecule has 0 radical (unpaired) electrons. The number of carbonyl (C=O) groups is 1. The Labute approximate surface area is 118 Å². The molecule has 0 saturated heterocycles. The molecule has 1 aromatic rings. The molecule has 0 aliphatic carbocycles. The van der Waals surface area contributed by atoms with Crippen molar-refractivity contribution in [3.63, 3.8) is 0 Å². The topological polar surface area (TPSA) is 46.2 Å². The molecule has 5 heteroatoms. The first kappa shape index (κ1) is 14.6. The third-order valence-electron chi connectivity index (χ3n) is 2.30. The lowest BCUT2D eigenvalue weighted by Gasteiger charge is -2.13. The SMILES string of the molecule is CC(CCS(C)=O)NC(=O)c1cccc(I)c1. The molecule has 94 valence electrons. The zero-order valence-electron chi connectivity index (χ0n) is 9.90. The van der Waals surface area contributed by atoms with Gasteiger partial charge in [0.25, 0.3) is 5.91 Å². The number of amides is 1. The first-order valence-electron chi connectivity index (χ1n) is 5.35. The Balaban J connectivity index is 2.51. The average Bonchev–Trinajstić information content (AvgIpc) is 2.26. The minimum absolute atomic E-state index is 0.0456. The Morgan fingerprint density at radius 3 is 2.82 bits per heavy atom. The zero-order valence-corrected chi connectivity index (χ0v) is 12.9. The highest BCUT2D eigenvalue weighted by Gasteiger charge is 2.10. The van der Waals surface area contributed by atoms with Gasteiger partial charge in [-0.2, -0.15) is 0 Å². The van der Waals surface area contributed by atoms with Crippen molar-refractivity contribution in [2.75, 3.05) is 12.0 Å². The van der Waals surface area contributed by atoms with Gasteiger partial charge in [-0.25, -0.2) is 0 Å². The van der Waals surface area contributed by atoms with Crippen LogP contribution in [0.5, 0.6) is 0 Å². The van der Waals surface area contributed by atoms with E-state index in [1.807, 2.05) is 25.1 Å². The highest BCUT2D eigenvalue weighted by molar-refractivity contribution is 14.1. The second-order valence-corrected chi connectivity index (χ2v) is 6.75. The van der Waals surface area contributed by atoms with E-state index in [9.17, 15) is 9.00 Å². The van der Waals surface area contributed by atoms with E-state index in [-0.39, 0.29) is 11.9 Å². The summed E-state index contributed by atoms with van der Waals surface area (Å²) in [7, 11) is -0.802. The van der Waals surface area contributed by atoms with Crippen LogP contribution in [0.3, 0.4) is 0 Å². The molecule has 2 unspecified atom stereocenters. The monoisotopic (exact) mass is 365 g/mol. The van der Waals surface area contributed by atoms with Crippen molar-refractivity contribution >= 4 is 39.3 Å². The molecule has 0 aliphatic heterocycles. The Kier molecular flexibility index (Phi) is 6.11. The van der Waals surface area contributed by atoms with E-state index in [2.05, 4.69) is 27.9 Å². The van der Waals surface area contributed by atoms with Gasteiger partial charge in [-0.1, -0.05) is 6.07 Å². The van der Waals surface area contributed by atoms with Crippen LogP contribution in [-0.4, -0.2) is 28.2 Å². The van der Waals surface area contributed by atoms with Crippen molar-refractivity contribution in [1.82, 2.24) is 5.32 Å². The van der Waals surface area contributed by atoms with Crippen LogP contribution in [0, 0.1) is 3.57 Å². The van der Waals surface area contributed by atoms with Crippen molar-refractivity contribution in [2.24, 2.45) is 0 Å². The fourth-order valence-electron chi connectivity index (χ4n) is 1.35. The van der Waals surface area contributed by atoms with Gasteiger partial charge in [0.15, 0.2) is 0 Å². The van der Waals surface area contributed by atoms with E-state index in [0.29, 0.717) is 11.3 Å². The summed E-state index contributed by atoms with van der Waals surface area (Å²) in [5.41, 5.74) is 0.668. The van der Waals surface area contributed by atoms with Gasteiger partial charge < -0.3 is 5.32 Å². The van der Waals surface area contributed by atoms with Gasteiger partial charge in [-0.15, -0.1) is 0 Å². The fraction of sp³-hybridized carbons (Fsp3) is 0.417. The maximum Gasteiger partial charge on any atom is 0.251 e. The van der Waals surface area contributed by atoms with Crippen LogP contribution in [0.1, 0.15) is 23.7 Å². The standard InChI is InChI=1S/C12H16INO2S/c1-9(6-7-17(2)16)14-12(15)10-4-3-5-11(13)8-10/h3-5,8-9H,6-7H2,1-2H3,(H,14,15). The maximum atomic E-state index is 11.9. The van der Waals surface area contributed by atoms with Crippen molar-refractivity contribution in [3.05, 3.63) is 33.4 Å². The molecule has 1 amide bonds. The van der Waals surface area contributed by atoms with Crippen LogP contribution in [0.4, 0.5) is 0 Å². The summed E-state index contributed by atoms with van der Waals surface area (Å²) in [6.45, 7) is 1.93. The van der Waals surface area contributed by atoms with Crippen molar-refractivity contribution < 1.29 is 9.00 Å². The van der Waals surface area contributed by atoms with Crippen molar-refractivity contribution in [3.8, 4) is 0 Å². The van der Waals surface area contributed by atoms with Crippen LogP contribution < -0.4 is 5.32 Å². The quantitative estimate of drug-likeness (QED) is 0.814. The third-order valence-corrected chi connectivity index (χ3v) is 3.78. The minimum atomic E-state index is -0.802. The van der Waals surface area contributed by atoms with E-state index in [0.717, 1.165) is 9.99 Å². The number of halogens is 1. The minimum Gasteiger partial charge on any atom is -0.350 e. The zero-order chi connectivity index (χ0) is 12.8. The second-order valence-electron chi connectivity index (χ2n) is 3.95. The molecule has 0 aromatic heterocycles. The molecule has 0 saturated carbocycles. The van der Waals surface area contributed by atoms with Gasteiger partial charge in [-0.05, 0) is 54.1 Å². The summed E-state index contributed by atoms with van der Waals surface area (Å²) in [4.78, 5) is 11.9. The summed E-state index contributed by atoms with van der Waals surface area (Å²) in [5.74, 6) is 0.547. The number of nitrogens with one attached hydrogen (secondary N) is 1. The van der Waals surface area contributed by atoms with E-state index in [1.165, 1.54) is 0 Å². The molecule has 1 aromatic carbocycles. The van der Waals surface area contributed by atoms with Gasteiger partial charge in [-0.3, -0.25) is 9.00 Å². The predicted molar refractivity (Wildman–Crippen MR) is 79.6 cm³/mol. The molecular formula is C12H16INO2S. The van der Waals surface area contributed by atoms with Crippen LogP contribution in [0.25, 0.3) is 0 Å². The van der Waals surface area contributed by atoms with Crippen molar-refractivity contribution in [1.29, 1.82) is 0 Å². The first-order chi connectivity index (χ1) is 7.99. The number of hydrogen-bond donors (Lipinski definition) is 1. The summed E-state index contributed by atoms with van der Waals surface area (Å²) in [6.07, 6.45) is 2.41. The van der Waals surface area contributed by atoms with Gasteiger partial charge in [0.1, 0.15) is 0 Å².